The van der Waals surface area contributed by atoms with Crippen molar-refractivity contribution in [3.05, 3.63) is 0 Å². The molecule has 5 nitrogen and oxygen atoms in total. The number of carbonyl (C=O) groups is 2. The van der Waals surface area contributed by atoms with Gasteiger partial charge in [-0.15, -0.1) is 0 Å². The molecule has 0 heterocycles. The van der Waals surface area contributed by atoms with Crippen molar-refractivity contribution in [1.82, 2.24) is 4.90 Å². The lowest BCUT2D eigenvalue weighted by atomic mass is 9.95. The summed E-state index contributed by atoms with van der Waals surface area (Å²) in [6, 6.07) is 0. The topological polar surface area (TPSA) is 55.8 Å². The Hall–Kier alpha value is -1.10. The molecular formula is C47H93NO4. The van der Waals surface area contributed by atoms with E-state index in [9.17, 15) is 9.59 Å². The van der Waals surface area contributed by atoms with Crippen LogP contribution in [-0.4, -0.2) is 49.7 Å². The van der Waals surface area contributed by atoms with Gasteiger partial charge in [-0.3, -0.25) is 9.59 Å². The fourth-order valence-electron chi connectivity index (χ4n) is 7.46. The second kappa shape index (κ2) is 41.1. The molecule has 0 amide bonds. The van der Waals surface area contributed by atoms with Crippen LogP contribution in [0, 0.1) is 11.8 Å². The Bertz CT molecular complexity index is 687. The summed E-state index contributed by atoms with van der Waals surface area (Å²) in [4.78, 5) is 28.0. The Balaban J connectivity index is 4.49. The van der Waals surface area contributed by atoms with Gasteiger partial charge in [-0.05, 0) is 89.3 Å². The van der Waals surface area contributed by atoms with E-state index in [1.807, 2.05) is 0 Å². The van der Waals surface area contributed by atoms with Crippen molar-refractivity contribution >= 4 is 11.9 Å². The molecule has 0 saturated heterocycles. The lowest BCUT2D eigenvalue weighted by Crippen LogP contribution is -2.27. The molecule has 2 atom stereocenters. The molecule has 0 aliphatic heterocycles. The number of carbonyl (C=O) groups excluding carboxylic acids is 2. The Morgan fingerprint density at radius 3 is 0.981 bits per heavy atom. The summed E-state index contributed by atoms with van der Waals surface area (Å²) in [5.74, 6) is 1.04. The zero-order chi connectivity index (χ0) is 38.2. The lowest BCUT2D eigenvalue weighted by Gasteiger charge is -2.22. The van der Waals surface area contributed by atoms with Crippen LogP contribution in [0.25, 0.3) is 0 Å². The van der Waals surface area contributed by atoms with Gasteiger partial charge >= 0.3 is 11.9 Å². The molecule has 52 heavy (non-hydrogen) atoms. The molecule has 0 saturated carbocycles. The van der Waals surface area contributed by atoms with Crippen LogP contribution in [0.2, 0.25) is 0 Å². The highest BCUT2D eigenvalue weighted by atomic mass is 16.5. The van der Waals surface area contributed by atoms with Gasteiger partial charge in [0.05, 0.1) is 13.2 Å². The van der Waals surface area contributed by atoms with Crippen LogP contribution in [0.3, 0.4) is 0 Å². The molecule has 310 valence electrons. The quantitative estimate of drug-likeness (QED) is 0.0461. The monoisotopic (exact) mass is 736 g/mol. The van der Waals surface area contributed by atoms with Gasteiger partial charge in [-0.2, -0.15) is 0 Å². The summed E-state index contributed by atoms with van der Waals surface area (Å²) in [6.07, 6.45) is 39.6. The summed E-state index contributed by atoms with van der Waals surface area (Å²) in [6.45, 7) is 15.7. The van der Waals surface area contributed by atoms with Crippen molar-refractivity contribution in [2.45, 2.75) is 247 Å². The first-order valence-corrected chi connectivity index (χ1v) is 23.5. The second-order valence-corrected chi connectivity index (χ2v) is 16.4. The SMILES string of the molecule is CCCCCCCCC(CCCCCC)COC(=O)CCCCN(CCCCC)CCCCC(=O)OCC(CCCCCC)CCCCCCCC. The van der Waals surface area contributed by atoms with Gasteiger partial charge in [-0.1, -0.05) is 176 Å². The Morgan fingerprint density at radius 1 is 0.365 bits per heavy atom. The zero-order valence-corrected chi connectivity index (χ0v) is 36.1. The molecule has 0 aromatic heterocycles. The van der Waals surface area contributed by atoms with Crippen molar-refractivity contribution in [2.75, 3.05) is 32.8 Å². The van der Waals surface area contributed by atoms with Gasteiger partial charge in [0, 0.05) is 12.8 Å². The van der Waals surface area contributed by atoms with Crippen LogP contribution in [0.5, 0.6) is 0 Å². The van der Waals surface area contributed by atoms with Crippen LogP contribution in [0.1, 0.15) is 247 Å². The van der Waals surface area contributed by atoms with E-state index in [2.05, 4.69) is 39.5 Å². The average molecular weight is 736 g/mol. The van der Waals surface area contributed by atoms with Crippen LogP contribution in [0.4, 0.5) is 0 Å². The minimum Gasteiger partial charge on any atom is -0.465 e. The third kappa shape index (κ3) is 35.9. The number of ether oxygens (including phenoxy) is 2. The normalized spacial score (nSPS) is 12.7. The van der Waals surface area contributed by atoms with E-state index < -0.39 is 0 Å². The van der Waals surface area contributed by atoms with Gasteiger partial charge in [0.1, 0.15) is 0 Å². The molecule has 0 bridgehead atoms. The largest absolute Gasteiger partial charge is 0.465 e. The predicted octanol–water partition coefficient (Wildman–Crippen LogP) is 14.6. The van der Waals surface area contributed by atoms with Crippen molar-refractivity contribution in [1.29, 1.82) is 0 Å². The van der Waals surface area contributed by atoms with E-state index in [-0.39, 0.29) is 11.9 Å². The first kappa shape index (κ1) is 50.9. The van der Waals surface area contributed by atoms with E-state index in [0.717, 1.165) is 45.3 Å². The lowest BCUT2D eigenvalue weighted by molar-refractivity contribution is -0.146. The van der Waals surface area contributed by atoms with E-state index in [4.69, 9.17) is 9.47 Å². The van der Waals surface area contributed by atoms with Crippen LogP contribution in [-0.2, 0) is 19.1 Å². The molecule has 0 spiro atoms. The maximum Gasteiger partial charge on any atom is 0.305 e. The molecule has 0 rings (SSSR count). The van der Waals surface area contributed by atoms with E-state index in [1.54, 1.807) is 0 Å². The summed E-state index contributed by atoms with van der Waals surface area (Å²) in [5, 5.41) is 0. The first-order chi connectivity index (χ1) is 25.5. The molecule has 0 radical (unpaired) electrons. The van der Waals surface area contributed by atoms with Crippen LogP contribution < -0.4 is 0 Å². The molecule has 0 aromatic carbocycles. The molecular weight excluding hydrogens is 643 g/mol. The number of esters is 2. The summed E-state index contributed by atoms with van der Waals surface area (Å²) in [5.41, 5.74) is 0. The average Bonchev–Trinajstić information content (AvgIpc) is 3.15. The first-order valence-electron chi connectivity index (χ1n) is 23.5. The highest BCUT2D eigenvalue weighted by molar-refractivity contribution is 5.69. The van der Waals surface area contributed by atoms with Gasteiger partial charge in [0.2, 0.25) is 0 Å². The number of nitrogens with zero attached hydrogens (tertiary/aromatic N) is 1. The van der Waals surface area contributed by atoms with E-state index in [1.165, 1.54) is 173 Å². The zero-order valence-electron chi connectivity index (χ0n) is 36.1. The van der Waals surface area contributed by atoms with Crippen LogP contribution >= 0.6 is 0 Å². The molecule has 0 N–H and O–H groups in total. The predicted molar refractivity (Wildman–Crippen MR) is 226 cm³/mol. The van der Waals surface area contributed by atoms with Gasteiger partial charge in [-0.25, -0.2) is 0 Å². The molecule has 0 aliphatic rings. The molecule has 0 fully saturated rings. The van der Waals surface area contributed by atoms with E-state index in [0.29, 0.717) is 37.9 Å². The Labute approximate surface area is 326 Å². The second-order valence-electron chi connectivity index (χ2n) is 16.4. The Kier molecular flexibility index (Phi) is 40.2. The van der Waals surface area contributed by atoms with Crippen molar-refractivity contribution in [2.24, 2.45) is 11.8 Å². The third-order valence-electron chi connectivity index (χ3n) is 11.1. The van der Waals surface area contributed by atoms with Crippen molar-refractivity contribution in [3.63, 3.8) is 0 Å². The van der Waals surface area contributed by atoms with Gasteiger partial charge in [0.25, 0.3) is 0 Å². The summed E-state index contributed by atoms with van der Waals surface area (Å²) in [7, 11) is 0. The fourth-order valence-corrected chi connectivity index (χ4v) is 7.46. The highest BCUT2D eigenvalue weighted by Crippen LogP contribution is 2.21. The van der Waals surface area contributed by atoms with Crippen molar-refractivity contribution in [3.8, 4) is 0 Å². The molecule has 0 aromatic rings. The minimum absolute atomic E-state index is 0.00674. The number of hydrogen-bond acceptors (Lipinski definition) is 5. The molecule has 0 aliphatic carbocycles. The van der Waals surface area contributed by atoms with Gasteiger partial charge in [0.15, 0.2) is 0 Å². The number of unbranched alkanes of at least 4 members (excludes halogenated alkanes) is 20. The highest BCUT2D eigenvalue weighted by Gasteiger charge is 2.15. The smallest absolute Gasteiger partial charge is 0.305 e. The Morgan fingerprint density at radius 2 is 0.635 bits per heavy atom. The summed E-state index contributed by atoms with van der Waals surface area (Å²) >= 11 is 0. The van der Waals surface area contributed by atoms with E-state index >= 15 is 0 Å². The standard InChI is InChI=1S/C47H93NO4/c1-6-11-16-20-22-26-35-44(33-24-18-13-8-3)42-51-46(49)37-28-31-40-48(39-30-15-10-5)41-32-29-38-47(50)52-43-45(34-25-19-14-9-4)36-27-23-21-17-12-7-2/h44-45H,6-43H2,1-5H3. The number of hydrogen-bond donors (Lipinski definition) is 0. The van der Waals surface area contributed by atoms with Gasteiger partial charge < -0.3 is 14.4 Å². The van der Waals surface area contributed by atoms with Crippen molar-refractivity contribution < 1.29 is 19.1 Å². The maximum atomic E-state index is 12.7. The fraction of sp³-hybridized carbons (Fsp3) is 0.957. The summed E-state index contributed by atoms with van der Waals surface area (Å²) < 4.78 is 11.7. The van der Waals surface area contributed by atoms with Crippen LogP contribution in [0.15, 0.2) is 0 Å². The maximum absolute atomic E-state index is 12.7. The number of rotatable bonds is 42. The minimum atomic E-state index is -0.00674. The molecule has 2 unspecified atom stereocenters. The third-order valence-corrected chi connectivity index (χ3v) is 11.1. The molecule has 5 heteroatoms.